The third kappa shape index (κ3) is 7.03. The number of ether oxygens (including phenoxy) is 1. The molecule has 6 N–H and O–H groups in total. The fraction of sp³-hybridized carbons (Fsp3) is 0.391. The summed E-state index contributed by atoms with van der Waals surface area (Å²) in [5, 5.41) is 24.7. The Morgan fingerprint density at radius 3 is 2.71 bits per heavy atom. The third-order valence-corrected chi connectivity index (χ3v) is 6.29. The Bertz CT molecular complexity index is 1010. The molecule has 1 aliphatic heterocycles. The summed E-state index contributed by atoms with van der Waals surface area (Å²) in [5.41, 5.74) is 6.03. The number of para-hydroxylation sites is 1. The molecule has 2 unspecified atom stereocenters. The number of benzene rings is 1. The van der Waals surface area contributed by atoms with Gasteiger partial charge in [-0.1, -0.05) is 18.2 Å². The molecule has 0 radical (unpaired) electrons. The van der Waals surface area contributed by atoms with E-state index in [2.05, 4.69) is 10.6 Å². The lowest BCUT2D eigenvalue weighted by atomic mass is 10.1. The molecule has 34 heavy (non-hydrogen) atoms. The van der Waals surface area contributed by atoms with Crippen LogP contribution in [0.3, 0.4) is 0 Å². The minimum Gasteiger partial charge on any atom is -0.494 e. The van der Waals surface area contributed by atoms with Crippen molar-refractivity contribution in [1.29, 1.82) is 5.41 Å². The van der Waals surface area contributed by atoms with Gasteiger partial charge in [-0.15, -0.1) is 11.3 Å². The Morgan fingerprint density at radius 2 is 2.00 bits per heavy atom. The van der Waals surface area contributed by atoms with Crippen LogP contribution < -0.4 is 21.1 Å². The lowest BCUT2D eigenvalue weighted by molar-refractivity contribution is -0.140. The fourth-order valence-corrected chi connectivity index (χ4v) is 4.39. The van der Waals surface area contributed by atoms with Gasteiger partial charge in [-0.25, -0.2) is 0 Å². The number of aliphatic hydroxyl groups is 1. The van der Waals surface area contributed by atoms with Crippen molar-refractivity contribution in [3.05, 3.63) is 52.2 Å². The number of hydrogen-bond donors (Lipinski definition) is 5. The van der Waals surface area contributed by atoms with Crippen molar-refractivity contribution in [2.45, 2.75) is 38.0 Å². The zero-order valence-corrected chi connectivity index (χ0v) is 19.5. The molecular weight excluding hydrogens is 458 g/mol. The minimum atomic E-state index is -1.02. The number of nitrogens with one attached hydrogen (secondary N) is 3. The summed E-state index contributed by atoms with van der Waals surface area (Å²) >= 11 is 1.35. The van der Waals surface area contributed by atoms with Gasteiger partial charge >= 0.3 is 0 Å². The number of nitrogens with two attached hydrogens (primary N) is 1. The van der Waals surface area contributed by atoms with Crippen molar-refractivity contribution in [2.24, 2.45) is 5.73 Å². The second kappa shape index (κ2) is 12.1. The maximum atomic E-state index is 12.7. The van der Waals surface area contributed by atoms with Gasteiger partial charge < -0.3 is 31.1 Å². The van der Waals surface area contributed by atoms with E-state index in [0.29, 0.717) is 18.6 Å². The second-order valence-electron chi connectivity index (χ2n) is 7.86. The maximum absolute atomic E-state index is 12.7. The number of nitrogens with zero attached hydrogens (tertiary/aromatic N) is 1. The summed E-state index contributed by atoms with van der Waals surface area (Å²) in [5.74, 6) is -0.512. The largest absolute Gasteiger partial charge is 0.494 e. The highest BCUT2D eigenvalue weighted by Crippen LogP contribution is 2.19. The smallest absolute Gasteiger partial charge is 0.245 e. The van der Waals surface area contributed by atoms with Crippen LogP contribution in [0.5, 0.6) is 5.75 Å². The van der Waals surface area contributed by atoms with Crippen LogP contribution in [0.1, 0.15) is 29.7 Å². The molecule has 2 aromatic rings. The molecule has 10 nitrogen and oxygen atoms in total. The molecule has 1 aromatic heterocycles. The van der Waals surface area contributed by atoms with E-state index < -0.39 is 24.0 Å². The first-order chi connectivity index (χ1) is 16.3. The molecule has 1 aliphatic rings. The number of likely N-dealkylation sites (tertiary alicyclic amines) is 1. The summed E-state index contributed by atoms with van der Waals surface area (Å²) in [6, 6.07) is 9.98. The molecule has 3 rings (SSSR count). The third-order valence-electron chi connectivity index (χ3n) is 5.35. The normalized spacial score (nSPS) is 17.3. The number of amides is 3. The molecule has 0 bridgehead atoms. The Balaban J connectivity index is 1.41. The summed E-state index contributed by atoms with van der Waals surface area (Å²) in [4.78, 5) is 39.5. The van der Waals surface area contributed by atoms with Crippen molar-refractivity contribution >= 4 is 34.9 Å². The molecule has 1 saturated heterocycles. The van der Waals surface area contributed by atoms with Crippen molar-refractivity contribution in [2.75, 3.05) is 19.7 Å². The molecule has 0 spiro atoms. The van der Waals surface area contributed by atoms with Gasteiger partial charge in [-0.2, -0.15) is 0 Å². The zero-order chi connectivity index (χ0) is 24.5. The Kier molecular flexibility index (Phi) is 9.00. The lowest BCUT2D eigenvalue weighted by Crippen LogP contribution is -2.52. The first-order valence-electron chi connectivity index (χ1n) is 11.0. The van der Waals surface area contributed by atoms with Crippen LogP contribution in [0, 0.1) is 5.41 Å². The number of amidine groups is 1. The Labute approximate surface area is 201 Å². The van der Waals surface area contributed by atoms with Crippen LogP contribution in [0.4, 0.5) is 0 Å². The average molecular weight is 488 g/mol. The van der Waals surface area contributed by atoms with E-state index in [-0.39, 0.29) is 44.2 Å². The minimum absolute atomic E-state index is 0.0532. The topological polar surface area (TPSA) is 158 Å². The van der Waals surface area contributed by atoms with Crippen molar-refractivity contribution in [3.63, 3.8) is 0 Å². The molecule has 3 amide bonds. The van der Waals surface area contributed by atoms with Gasteiger partial charge in [0.15, 0.2) is 0 Å². The highest BCUT2D eigenvalue weighted by molar-refractivity contribution is 7.10. The van der Waals surface area contributed by atoms with Crippen LogP contribution in [0.25, 0.3) is 0 Å². The molecular formula is C23H29N5O5S. The molecule has 2 heterocycles. The monoisotopic (exact) mass is 487 g/mol. The van der Waals surface area contributed by atoms with E-state index in [1.807, 2.05) is 30.3 Å². The van der Waals surface area contributed by atoms with E-state index in [1.54, 1.807) is 11.4 Å². The zero-order valence-electron chi connectivity index (χ0n) is 18.7. The van der Waals surface area contributed by atoms with E-state index in [9.17, 15) is 19.5 Å². The molecule has 11 heteroatoms. The maximum Gasteiger partial charge on any atom is 0.245 e. The molecule has 0 aliphatic carbocycles. The van der Waals surface area contributed by atoms with Crippen LogP contribution in [0.15, 0.2) is 41.8 Å². The average Bonchev–Trinajstić information content (AvgIpc) is 3.46. The van der Waals surface area contributed by atoms with E-state index in [1.165, 1.54) is 16.2 Å². The number of rotatable bonds is 11. The lowest BCUT2D eigenvalue weighted by Gasteiger charge is -2.25. The first-order valence-corrected chi connectivity index (χ1v) is 11.8. The number of carbonyl (C=O) groups excluding carboxylic acids is 3. The van der Waals surface area contributed by atoms with Gasteiger partial charge in [0.2, 0.25) is 17.7 Å². The van der Waals surface area contributed by atoms with Gasteiger partial charge in [0, 0.05) is 28.8 Å². The van der Waals surface area contributed by atoms with Gasteiger partial charge in [0.1, 0.15) is 17.6 Å². The predicted molar refractivity (Wildman–Crippen MR) is 127 cm³/mol. The standard InChI is InChI=1S/C23H29N5O5S/c24-22(25)15-11-17(34-14-15)12-27-23(32)21-18(29)8-9-28(21)20(31)13-26-19(30)7-4-10-33-16-5-2-1-3-6-16/h1-3,5-6,11,14,18,21,29H,4,7-10,12-13H2,(H3,24,25)(H,26,30)(H,27,32). The van der Waals surface area contributed by atoms with Crippen LogP contribution >= 0.6 is 11.3 Å². The van der Waals surface area contributed by atoms with Crippen molar-refractivity contribution in [1.82, 2.24) is 15.5 Å². The molecule has 182 valence electrons. The number of carbonyl (C=O) groups is 3. The second-order valence-corrected chi connectivity index (χ2v) is 8.86. The Hall–Kier alpha value is -3.44. The van der Waals surface area contributed by atoms with Gasteiger partial charge in [0.25, 0.3) is 0 Å². The quantitative estimate of drug-likeness (QED) is 0.177. The summed E-state index contributed by atoms with van der Waals surface area (Å²) in [6.45, 7) is 0.558. The summed E-state index contributed by atoms with van der Waals surface area (Å²) in [7, 11) is 0. The van der Waals surface area contributed by atoms with Crippen LogP contribution in [0.2, 0.25) is 0 Å². The van der Waals surface area contributed by atoms with Crippen molar-refractivity contribution in [3.8, 4) is 5.75 Å². The summed E-state index contributed by atoms with van der Waals surface area (Å²) < 4.78 is 5.54. The first kappa shape index (κ1) is 25.2. The SMILES string of the molecule is N=C(N)c1csc(CNC(=O)C2C(O)CCN2C(=O)CNC(=O)CCCOc2ccccc2)c1. The number of hydrogen-bond acceptors (Lipinski definition) is 7. The van der Waals surface area contributed by atoms with Gasteiger partial charge in [-0.3, -0.25) is 19.8 Å². The molecule has 2 atom stereocenters. The number of aliphatic hydroxyl groups excluding tert-OH is 1. The number of thiophene rings is 1. The predicted octanol–water partition coefficient (Wildman–Crippen LogP) is 0.586. The van der Waals surface area contributed by atoms with Crippen molar-refractivity contribution < 1.29 is 24.2 Å². The van der Waals surface area contributed by atoms with E-state index in [0.717, 1.165) is 10.6 Å². The van der Waals surface area contributed by atoms with Crippen LogP contribution in [-0.4, -0.2) is 65.4 Å². The van der Waals surface area contributed by atoms with E-state index in [4.69, 9.17) is 15.9 Å². The highest BCUT2D eigenvalue weighted by Gasteiger charge is 2.40. The Morgan fingerprint density at radius 1 is 1.24 bits per heavy atom. The fourth-order valence-electron chi connectivity index (χ4n) is 3.57. The molecule has 0 saturated carbocycles. The molecule has 1 aromatic carbocycles. The highest BCUT2D eigenvalue weighted by atomic mass is 32.1. The summed E-state index contributed by atoms with van der Waals surface area (Å²) in [6.07, 6.45) is -0.000246. The van der Waals surface area contributed by atoms with Gasteiger partial charge in [-0.05, 0) is 31.0 Å². The van der Waals surface area contributed by atoms with Crippen LogP contribution in [-0.2, 0) is 20.9 Å². The van der Waals surface area contributed by atoms with E-state index >= 15 is 0 Å². The van der Waals surface area contributed by atoms with Gasteiger partial charge in [0.05, 0.1) is 25.8 Å². The number of nitrogen functional groups attached to an aromatic ring is 1. The molecule has 1 fully saturated rings.